The summed E-state index contributed by atoms with van der Waals surface area (Å²) in [4.78, 5) is 0. The highest BCUT2D eigenvalue weighted by Gasteiger charge is 2.32. The number of hydrogen-bond donors (Lipinski definition) is 0. The van der Waals surface area contributed by atoms with E-state index in [2.05, 4.69) is 11.7 Å². The predicted octanol–water partition coefficient (Wildman–Crippen LogP) is 6.11. The summed E-state index contributed by atoms with van der Waals surface area (Å²) in [6.45, 7) is 0.329. The Morgan fingerprint density at radius 3 is 2.19 bits per heavy atom. The maximum Gasteiger partial charge on any atom is 0.387 e. The van der Waals surface area contributed by atoms with Crippen molar-refractivity contribution >= 4 is 17.6 Å². The van der Waals surface area contributed by atoms with Crippen LogP contribution in [0.15, 0.2) is 24.3 Å². The lowest BCUT2D eigenvalue weighted by molar-refractivity contribution is -0.0498. The number of alkyl halides is 2. The van der Waals surface area contributed by atoms with Gasteiger partial charge in [0, 0.05) is 17.6 Å². The minimum atomic E-state index is -2.78. The molecule has 2 aliphatic rings. The molecule has 6 heteroatoms. The Bertz CT molecular complexity index is 540. The molecule has 27 heavy (non-hydrogen) atoms. The smallest absolute Gasteiger partial charge is 0.387 e. The molecule has 0 aliphatic carbocycles. The third-order valence-electron chi connectivity index (χ3n) is 6.68. The van der Waals surface area contributed by atoms with Gasteiger partial charge in [-0.1, -0.05) is 56.4 Å². The van der Waals surface area contributed by atoms with Crippen molar-refractivity contribution in [2.75, 3.05) is 6.61 Å². The SMILES string of the molecule is CCC[Si@H]1CC[C@H]([Si@H]2CC[C@H](COc3ccc(OC(F)F)cc3)CC2)CC1. The van der Waals surface area contributed by atoms with Crippen LogP contribution in [0.5, 0.6) is 11.5 Å². The predicted molar refractivity (Wildman–Crippen MR) is 113 cm³/mol. The van der Waals surface area contributed by atoms with Crippen LogP contribution in [0.25, 0.3) is 0 Å². The van der Waals surface area contributed by atoms with E-state index in [0.717, 1.165) is 17.9 Å². The molecule has 0 radical (unpaired) electrons. The molecule has 3 rings (SSSR count). The van der Waals surface area contributed by atoms with E-state index in [1.54, 1.807) is 55.2 Å². The van der Waals surface area contributed by atoms with Gasteiger partial charge in [-0.3, -0.25) is 0 Å². The highest BCUT2D eigenvalue weighted by molar-refractivity contribution is 6.63. The monoisotopic (exact) mass is 412 g/mol. The molecule has 0 aromatic heterocycles. The van der Waals surface area contributed by atoms with E-state index in [0.29, 0.717) is 5.92 Å². The molecule has 0 spiro atoms. The molecule has 0 amide bonds. The van der Waals surface area contributed by atoms with Gasteiger partial charge in [-0.05, 0) is 48.6 Å². The second-order valence-electron chi connectivity index (χ2n) is 8.51. The number of ether oxygens (including phenoxy) is 2. The molecule has 2 saturated heterocycles. The van der Waals surface area contributed by atoms with E-state index in [-0.39, 0.29) is 14.5 Å². The summed E-state index contributed by atoms with van der Waals surface area (Å²) >= 11 is 0. The maximum atomic E-state index is 12.2. The van der Waals surface area contributed by atoms with Crippen molar-refractivity contribution in [3.63, 3.8) is 0 Å². The molecule has 0 N–H and O–H groups in total. The third-order valence-corrected chi connectivity index (χ3v) is 14.5. The lowest BCUT2D eigenvalue weighted by atomic mass is 10.0. The number of halogens is 2. The quantitative estimate of drug-likeness (QED) is 0.480. The van der Waals surface area contributed by atoms with Gasteiger partial charge in [0.15, 0.2) is 0 Å². The fourth-order valence-electron chi connectivity index (χ4n) is 5.11. The minimum Gasteiger partial charge on any atom is -0.493 e. The van der Waals surface area contributed by atoms with Crippen LogP contribution in [0, 0.1) is 5.92 Å². The van der Waals surface area contributed by atoms with E-state index < -0.39 is 15.4 Å². The number of rotatable bonds is 8. The van der Waals surface area contributed by atoms with Crippen LogP contribution in [0.1, 0.15) is 39.0 Å². The van der Waals surface area contributed by atoms with Crippen molar-refractivity contribution in [3.8, 4) is 11.5 Å². The van der Waals surface area contributed by atoms with Crippen molar-refractivity contribution in [2.45, 2.75) is 81.4 Å². The van der Waals surface area contributed by atoms with Gasteiger partial charge in [0.25, 0.3) is 0 Å². The first-order chi connectivity index (χ1) is 13.1. The van der Waals surface area contributed by atoms with E-state index in [4.69, 9.17) is 4.74 Å². The highest BCUT2D eigenvalue weighted by atomic mass is 28.3. The van der Waals surface area contributed by atoms with Gasteiger partial charge in [-0.25, -0.2) is 0 Å². The number of hydrogen-bond acceptors (Lipinski definition) is 2. The average Bonchev–Trinajstić information content (AvgIpc) is 2.68. The second-order valence-corrected chi connectivity index (χ2v) is 15.6. The Morgan fingerprint density at radius 1 is 0.963 bits per heavy atom. The first-order valence-electron chi connectivity index (χ1n) is 10.8. The second kappa shape index (κ2) is 10.6. The summed E-state index contributed by atoms with van der Waals surface area (Å²) in [6.07, 6.45) is 7.21. The Labute approximate surface area is 165 Å². The zero-order valence-electron chi connectivity index (χ0n) is 16.5. The number of benzene rings is 1. The molecule has 0 unspecified atom stereocenters. The minimum absolute atomic E-state index is 0.181. The Hall–Kier alpha value is -0.886. The molecule has 0 bridgehead atoms. The molecule has 0 saturated carbocycles. The highest BCUT2D eigenvalue weighted by Crippen LogP contribution is 2.40. The van der Waals surface area contributed by atoms with Crippen LogP contribution in [0.4, 0.5) is 8.78 Å². The Kier molecular flexibility index (Phi) is 8.18. The van der Waals surface area contributed by atoms with Gasteiger partial charge in [0.05, 0.1) is 6.61 Å². The summed E-state index contributed by atoms with van der Waals surface area (Å²) in [5, 5.41) is 0. The van der Waals surface area contributed by atoms with Crippen molar-refractivity contribution in [3.05, 3.63) is 24.3 Å². The van der Waals surface area contributed by atoms with Crippen LogP contribution < -0.4 is 9.47 Å². The molecule has 152 valence electrons. The third kappa shape index (κ3) is 6.59. The van der Waals surface area contributed by atoms with Crippen molar-refractivity contribution in [2.24, 2.45) is 5.92 Å². The zero-order chi connectivity index (χ0) is 19.1. The van der Waals surface area contributed by atoms with Gasteiger partial charge in [-0.2, -0.15) is 8.78 Å². The fraction of sp³-hybridized carbons (Fsp3) is 0.714. The summed E-state index contributed by atoms with van der Waals surface area (Å²) in [7, 11) is -0.872. The lowest BCUT2D eigenvalue weighted by Crippen LogP contribution is -2.32. The van der Waals surface area contributed by atoms with Gasteiger partial charge in [-0.15, -0.1) is 0 Å². The molecule has 0 atom stereocenters. The molecule has 1 aromatic carbocycles. The van der Waals surface area contributed by atoms with Crippen molar-refractivity contribution in [1.82, 2.24) is 0 Å². The van der Waals surface area contributed by atoms with Crippen LogP contribution in [0.2, 0.25) is 35.8 Å². The summed E-state index contributed by atoms with van der Waals surface area (Å²) in [6, 6.07) is 14.4. The normalized spacial score (nSPS) is 28.9. The molecule has 2 fully saturated rings. The van der Waals surface area contributed by atoms with Crippen LogP contribution in [0.3, 0.4) is 0 Å². The van der Waals surface area contributed by atoms with Gasteiger partial charge in [0.2, 0.25) is 0 Å². The van der Waals surface area contributed by atoms with Gasteiger partial charge in [0.1, 0.15) is 11.5 Å². The summed E-state index contributed by atoms with van der Waals surface area (Å²) in [5.74, 6) is 1.59. The Balaban J connectivity index is 1.35. The maximum absolute atomic E-state index is 12.2. The average molecular weight is 413 g/mol. The molecule has 2 heterocycles. The fourth-order valence-corrected chi connectivity index (χ4v) is 13.7. The molecular weight excluding hydrogens is 378 g/mol. The zero-order valence-corrected chi connectivity index (χ0v) is 18.9. The molecule has 2 nitrogen and oxygen atoms in total. The van der Waals surface area contributed by atoms with Gasteiger partial charge < -0.3 is 9.47 Å². The van der Waals surface area contributed by atoms with E-state index in [9.17, 15) is 8.78 Å². The van der Waals surface area contributed by atoms with Crippen molar-refractivity contribution < 1.29 is 18.3 Å². The standard InChI is InChI=1S/C21H34F2O2Si2/c1-2-11-26-12-9-20(10-13-26)27-14-7-17(8-15-27)16-24-18-3-5-19(6-4-18)25-21(22)23/h3-6,17,20-21,26-27H,2,7-16H2,1H3/t17-,20-,26-,27-. The van der Waals surface area contributed by atoms with E-state index in [1.807, 2.05) is 0 Å². The van der Waals surface area contributed by atoms with Crippen molar-refractivity contribution in [1.29, 1.82) is 0 Å². The first-order valence-corrected chi connectivity index (χ1v) is 15.6. The van der Waals surface area contributed by atoms with Crippen LogP contribution >= 0.6 is 0 Å². The van der Waals surface area contributed by atoms with E-state index >= 15 is 0 Å². The summed E-state index contributed by atoms with van der Waals surface area (Å²) in [5.41, 5.74) is 1.13. The van der Waals surface area contributed by atoms with Crippen LogP contribution in [-0.4, -0.2) is 30.8 Å². The van der Waals surface area contributed by atoms with Gasteiger partial charge >= 0.3 is 6.61 Å². The Morgan fingerprint density at radius 2 is 1.59 bits per heavy atom. The molecule has 2 aliphatic heterocycles. The molecular formula is C21H34F2O2Si2. The summed E-state index contributed by atoms with van der Waals surface area (Å²) < 4.78 is 34.6. The lowest BCUT2D eigenvalue weighted by Gasteiger charge is -2.36. The topological polar surface area (TPSA) is 18.5 Å². The van der Waals surface area contributed by atoms with Crippen LogP contribution in [-0.2, 0) is 0 Å². The molecule has 1 aromatic rings. The largest absolute Gasteiger partial charge is 0.493 e. The van der Waals surface area contributed by atoms with E-state index in [1.165, 1.54) is 31.4 Å². The first kappa shape index (κ1) is 20.8.